The number of hydrogen-bond donors (Lipinski definition) is 2. The van der Waals surface area contributed by atoms with Crippen molar-refractivity contribution in [2.45, 2.75) is 56.9 Å². The van der Waals surface area contributed by atoms with Gasteiger partial charge in [-0.25, -0.2) is 0 Å². The van der Waals surface area contributed by atoms with Gasteiger partial charge in [-0.2, -0.15) is 0 Å². The summed E-state index contributed by atoms with van der Waals surface area (Å²) in [7, 11) is 2.24. The molecule has 2 unspecified atom stereocenters. The molecule has 2 saturated carbocycles. The lowest BCUT2D eigenvalue weighted by Gasteiger charge is -2.31. The van der Waals surface area contributed by atoms with Gasteiger partial charge >= 0.3 is 0 Å². The van der Waals surface area contributed by atoms with Gasteiger partial charge in [0.15, 0.2) is 0 Å². The molecule has 0 saturated heterocycles. The molecule has 0 aromatic rings. The summed E-state index contributed by atoms with van der Waals surface area (Å²) in [6, 6.07) is 0. The smallest absolute Gasteiger partial charge is 0.0613 e. The molecule has 18 heavy (non-hydrogen) atoms. The molecular weight excluding hydrogens is 224 g/mol. The molecule has 3 N–H and O–H groups in total. The van der Waals surface area contributed by atoms with Crippen LogP contribution in [0, 0.1) is 11.8 Å². The molecule has 2 aliphatic carbocycles. The number of aliphatic hydroxyl groups excluding tert-OH is 1. The Morgan fingerprint density at radius 2 is 1.94 bits per heavy atom. The SMILES string of the molecule is CN(CCC1CCCC1(N)CO)CC1CCCC1. The average Bonchev–Trinajstić information content (AvgIpc) is 2.97. The number of nitrogens with zero attached hydrogens (tertiary/aromatic N) is 1. The number of rotatable bonds is 6. The minimum atomic E-state index is -0.284. The summed E-state index contributed by atoms with van der Waals surface area (Å²) in [5.41, 5.74) is 6.00. The van der Waals surface area contributed by atoms with Gasteiger partial charge in [0.25, 0.3) is 0 Å². The highest BCUT2D eigenvalue weighted by Gasteiger charge is 2.38. The normalized spacial score (nSPS) is 33.7. The first-order valence-electron chi connectivity index (χ1n) is 7.72. The fraction of sp³-hybridized carbons (Fsp3) is 1.00. The van der Waals surface area contributed by atoms with E-state index in [9.17, 15) is 5.11 Å². The topological polar surface area (TPSA) is 49.5 Å². The van der Waals surface area contributed by atoms with Crippen LogP contribution >= 0.6 is 0 Å². The van der Waals surface area contributed by atoms with Crippen LogP contribution in [0.15, 0.2) is 0 Å². The first-order chi connectivity index (χ1) is 8.64. The van der Waals surface area contributed by atoms with Gasteiger partial charge in [0.05, 0.1) is 6.61 Å². The second kappa shape index (κ2) is 6.36. The van der Waals surface area contributed by atoms with Gasteiger partial charge in [-0.05, 0) is 57.5 Å². The molecule has 3 heteroatoms. The molecule has 2 rings (SSSR count). The predicted molar refractivity (Wildman–Crippen MR) is 75.4 cm³/mol. The quantitative estimate of drug-likeness (QED) is 0.762. The monoisotopic (exact) mass is 254 g/mol. The highest BCUT2D eigenvalue weighted by atomic mass is 16.3. The Hall–Kier alpha value is -0.120. The van der Waals surface area contributed by atoms with Crippen molar-refractivity contribution < 1.29 is 5.11 Å². The fourth-order valence-corrected chi connectivity index (χ4v) is 3.91. The van der Waals surface area contributed by atoms with Gasteiger partial charge < -0.3 is 15.7 Å². The van der Waals surface area contributed by atoms with Crippen LogP contribution in [0.25, 0.3) is 0 Å². The summed E-state index contributed by atoms with van der Waals surface area (Å²) in [6.07, 6.45) is 10.2. The largest absolute Gasteiger partial charge is 0.394 e. The van der Waals surface area contributed by atoms with Crippen LogP contribution in [0.5, 0.6) is 0 Å². The van der Waals surface area contributed by atoms with Gasteiger partial charge in [-0.15, -0.1) is 0 Å². The van der Waals surface area contributed by atoms with Crippen molar-refractivity contribution in [3.63, 3.8) is 0 Å². The Morgan fingerprint density at radius 1 is 1.22 bits per heavy atom. The van der Waals surface area contributed by atoms with Gasteiger partial charge in [0.2, 0.25) is 0 Å². The first kappa shape index (κ1) is 14.3. The molecule has 0 aliphatic heterocycles. The van der Waals surface area contributed by atoms with E-state index in [1.807, 2.05) is 0 Å². The molecular formula is C15H30N2O. The lowest BCUT2D eigenvalue weighted by molar-refractivity contribution is 0.145. The van der Waals surface area contributed by atoms with Gasteiger partial charge in [-0.3, -0.25) is 0 Å². The highest BCUT2D eigenvalue weighted by molar-refractivity contribution is 4.96. The fourth-order valence-electron chi connectivity index (χ4n) is 3.91. The third kappa shape index (κ3) is 3.46. The van der Waals surface area contributed by atoms with Crippen LogP contribution in [-0.4, -0.2) is 42.3 Å². The average molecular weight is 254 g/mol. The zero-order valence-electron chi connectivity index (χ0n) is 11.9. The van der Waals surface area contributed by atoms with Crippen LogP contribution in [0.3, 0.4) is 0 Å². The molecule has 2 atom stereocenters. The van der Waals surface area contributed by atoms with Gasteiger partial charge in [-0.1, -0.05) is 19.3 Å². The second-order valence-corrected chi connectivity index (χ2v) is 6.68. The van der Waals surface area contributed by atoms with E-state index in [2.05, 4.69) is 11.9 Å². The van der Waals surface area contributed by atoms with E-state index in [1.165, 1.54) is 45.1 Å². The molecule has 0 spiro atoms. The van der Waals surface area contributed by atoms with E-state index in [0.717, 1.165) is 25.3 Å². The van der Waals surface area contributed by atoms with Crippen molar-refractivity contribution in [2.24, 2.45) is 17.6 Å². The van der Waals surface area contributed by atoms with E-state index in [-0.39, 0.29) is 12.1 Å². The summed E-state index contributed by atoms with van der Waals surface area (Å²) in [4.78, 5) is 2.48. The maximum Gasteiger partial charge on any atom is 0.0613 e. The molecule has 0 heterocycles. The summed E-state index contributed by atoms with van der Waals surface area (Å²) in [5.74, 6) is 1.45. The molecule has 0 aromatic carbocycles. The van der Waals surface area contributed by atoms with Gasteiger partial charge in [0, 0.05) is 12.1 Å². The van der Waals surface area contributed by atoms with Crippen molar-refractivity contribution in [3.8, 4) is 0 Å². The third-order valence-corrected chi connectivity index (χ3v) is 5.21. The van der Waals surface area contributed by atoms with Crippen LogP contribution in [0.4, 0.5) is 0 Å². The Bertz CT molecular complexity index is 253. The minimum Gasteiger partial charge on any atom is -0.394 e. The zero-order valence-corrected chi connectivity index (χ0v) is 11.9. The molecule has 2 aliphatic rings. The van der Waals surface area contributed by atoms with E-state index in [1.54, 1.807) is 0 Å². The third-order valence-electron chi connectivity index (χ3n) is 5.21. The zero-order chi connectivity index (χ0) is 13.0. The number of aliphatic hydroxyl groups is 1. The lowest BCUT2D eigenvalue weighted by atomic mass is 9.86. The highest BCUT2D eigenvalue weighted by Crippen LogP contribution is 2.35. The summed E-state index contributed by atoms with van der Waals surface area (Å²) in [5, 5.41) is 9.45. The Kier molecular flexibility index (Phi) is 5.05. The molecule has 0 aromatic heterocycles. The van der Waals surface area contributed by atoms with E-state index < -0.39 is 0 Å². The van der Waals surface area contributed by atoms with E-state index in [4.69, 9.17) is 5.73 Å². The second-order valence-electron chi connectivity index (χ2n) is 6.68. The molecule has 0 amide bonds. The first-order valence-corrected chi connectivity index (χ1v) is 7.72. The van der Waals surface area contributed by atoms with Crippen LogP contribution < -0.4 is 5.73 Å². The van der Waals surface area contributed by atoms with Gasteiger partial charge in [0.1, 0.15) is 0 Å². The Labute approximate surface area is 112 Å². The Morgan fingerprint density at radius 3 is 2.61 bits per heavy atom. The number of hydrogen-bond acceptors (Lipinski definition) is 3. The van der Waals surface area contributed by atoms with Crippen molar-refractivity contribution in [1.82, 2.24) is 4.90 Å². The minimum absolute atomic E-state index is 0.157. The maximum atomic E-state index is 9.45. The van der Waals surface area contributed by atoms with Crippen molar-refractivity contribution in [1.29, 1.82) is 0 Å². The lowest BCUT2D eigenvalue weighted by Crippen LogP contribution is -2.47. The summed E-state index contributed by atoms with van der Waals surface area (Å²) >= 11 is 0. The van der Waals surface area contributed by atoms with Crippen molar-refractivity contribution in [3.05, 3.63) is 0 Å². The van der Waals surface area contributed by atoms with Crippen LogP contribution in [-0.2, 0) is 0 Å². The van der Waals surface area contributed by atoms with E-state index >= 15 is 0 Å². The van der Waals surface area contributed by atoms with Crippen molar-refractivity contribution in [2.75, 3.05) is 26.7 Å². The van der Waals surface area contributed by atoms with E-state index in [0.29, 0.717) is 5.92 Å². The molecule has 3 nitrogen and oxygen atoms in total. The number of nitrogens with two attached hydrogens (primary N) is 1. The van der Waals surface area contributed by atoms with Crippen molar-refractivity contribution >= 4 is 0 Å². The maximum absolute atomic E-state index is 9.45. The molecule has 0 radical (unpaired) electrons. The van der Waals surface area contributed by atoms with Crippen LogP contribution in [0.2, 0.25) is 0 Å². The Balaban J connectivity index is 1.70. The summed E-state index contributed by atoms with van der Waals surface area (Å²) < 4.78 is 0. The molecule has 0 bridgehead atoms. The predicted octanol–water partition coefficient (Wildman–Crippen LogP) is 1.99. The van der Waals surface area contributed by atoms with Crippen LogP contribution in [0.1, 0.15) is 51.4 Å². The standard InChI is InChI=1S/C15H30N2O/c1-17(11-13-5-2-3-6-13)10-8-14-7-4-9-15(14,16)12-18/h13-14,18H,2-12,16H2,1H3. The summed E-state index contributed by atoms with van der Waals surface area (Å²) in [6.45, 7) is 2.55. The molecule has 106 valence electrons. The molecule has 2 fully saturated rings.